The van der Waals surface area contributed by atoms with E-state index in [2.05, 4.69) is 4.98 Å². The largest absolute Gasteiger partial charge is 0.477 e. The fraction of sp³-hybridized carbons (Fsp3) is 0.111. The number of carbonyl (C=O) groups is 1. The second kappa shape index (κ2) is 2.95. The predicted molar refractivity (Wildman–Crippen MR) is 54.1 cm³/mol. The van der Waals surface area contributed by atoms with E-state index in [0.29, 0.717) is 15.6 Å². The molecule has 0 aliphatic rings. The van der Waals surface area contributed by atoms with Gasteiger partial charge in [0.2, 0.25) is 0 Å². The highest BCUT2D eigenvalue weighted by molar-refractivity contribution is 7.21. The van der Waals surface area contributed by atoms with Crippen LogP contribution in [0.15, 0.2) is 17.1 Å². The Bertz CT molecular complexity index is 567. The first-order valence-corrected chi connectivity index (χ1v) is 4.77. The highest BCUT2D eigenvalue weighted by Gasteiger charge is 2.15. The summed E-state index contributed by atoms with van der Waals surface area (Å²) in [5.74, 6) is -0.983. The van der Waals surface area contributed by atoms with Crippen molar-refractivity contribution in [2.75, 3.05) is 0 Å². The summed E-state index contributed by atoms with van der Waals surface area (Å²) in [6.45, 7) is 1.65. The van der Waals surface area contributed by atoms with Crippen LogP contribution in [0.25, 0.3) is 10.1 Å². The van der Waals surface area contributed by atoms with E-state index in [1.807, 2.05) is 0 Å². The van der Waals surface area contributed by atoms with Gasteiger partial charge in [-0.3, -0.25) is 4.79 Å². The molecule has 0 bridgehead atoms. The van der Waals surface area contributed by atoms with Gasteiger partial charge in [-0.1, -0.05) is 0 Å². The number of rotatable bonds is 1. The van der Waals surface area contributed by atoms with Crippen LogP contribution in [-0.2, 0) is 0 Å². The molecule has 2 N–H and O–H groups in total. The van der Waals surface area contributed by atoms with Crippen LogP contribution >= 0.6 is 11.3 Å². The molecule has 0 atom stereocenters. The molecule has 0 radical (unpaired) electrons. The van der Waals surface area contributed by atoms with E-state index < -0.39 is 5.97 Å². The molecule has 0 aromatic carbocycles. The fourth-order valence-electron chi connectivity index (χ4n) is 1.40. The normalized spacial score (nSPS) is 10.6. The zero-order chi connectivity index (χ0) is 10.3. The third kappa shape index (κ3) is 1.13. The number of H-pyrrole nitrogens is 1. The zero-order valence-corrected chi connectivity index (χ0v) is 8.14. The molecule has 0 saturated heterocycles. The maximum Gasteiger partial charge on any atom is 0.346 e. The van der Waals surface area contributed by atoms with Crippen LogP contribution < -0.4 is 5.56 Å². The van der Waals surface area contributed by atoms with Crippen molar-refractivity contribution in [3.05, 3.63) is 33.1 Å². The van der Waals surface area contributed by atoms with E-state index in [-0.39, 0.29) is 10.4 Å². The second-order valence-corrected chi connectivity index (χ2v) is 3.96. The summed E-state index contributed by atoms with van der Waals surface area (Å²) in [4.78, 5) is 25.0. The highest BCUT2D eigenvalue weighted by Crippen LogP contribution is 2.27. The minimum atomic E-state index is -0.983. The molecule has 14 heavy (non-hydrogen) atoms. The number of aromatic amines is 1. The molecule has 5 heteroatoms. The maximum atomic E-state index is 11.4. The molecule has 0 amide bonds. The van der Waals surface area contributed by atoms with Crippen molar-refractivity contribution >= 4 is 27.4 Å². The van der Waals surface area contributed by atoms with Gasteiger partial charge in [0.05, 0.1) is 5.39 Å². The lowest BCUT2D eigenvalue weighted by Crippen LogP contribution is -2.04. The van der Waals surface area contributed by atoms with Gasteiger partial charge in [-0.25, -0.2) is 4.79 Å². The van der Waals surface area contributed by atoms with Gasteiger partial charge in [0, 0.05) is 10.9 Å². The van der Waals surface area contributed by atoms with E-state index in [9.17, 15) is 9.59 Å². The summed E-state index contributed by atoms with van der Waals surface area (Å²) in [5.41, 5.74) is 0.308. The Hall–Kier alpha value is -1.62. The Labute approximate surface area is 82.8 Å². The van der Waals surface area contributed by atoms with Gasteiger partial charge in [-0.2, -0.15) is 0 Å². The third-order valence-corrected chi connectivity index (χ3v) is 3.29. The SMILES string of the molecule is Cc1c(C(=O)O)sc2cc[nH]c(=O)c12. The standard InChI is InChI=1S/C9H7NO3S/c1-4-6-5(2-3-10-8(6)11)14-7(4)9(12)13/h2-3H,1H3,(H,10,11)(H,12,13). The van der Waals surface area contributed by atoms with Gasteiger partial charge in [-0.15, -0.1) is 11.3 Å². The summed E-state index contributed by atoms with van der Waals surface area (Å²) in [7, 11) is 0. The minimum Gasteiger partial charge on any atom is -0.477 e. The summed E-state index contributed by atoms with van der Waals surface area (Å²) in [6.07, 6.45) is 1.52. The number of pyridine rings is 1. The number of aromatic carboxylic acids is 1. The van der Waals surface area contributed by atoms with Crippen molar-refractivity contribution in [1.29, 1.82) is 0 Å². The first kappa shape index (κ1) is 8.96. The zero-order valence-electron chi connectivity index (χ0n) is 7.33. The van der Waals surface area contributed by atoms with Gasteiger partial charge in [0.1, 0.15) is 4.88 Å². The van der Waals surface area contributed by atoms with Crippen molar-refractivity contribution in [1.82, 2.24) is 4.98 Å². The van der Waals surface area contributed by atoms with Crippen molar-refractivity contribution in [2.45, 2.75) is 6.92 Å². The van der Waals surface area contributed by atoms with Gasteiger partial charge in [0.25, 0.3) is 5.56 Å². The highest BCUT2D eigenvalue weighted by atomic mass is 32.1. The molecule has 0 fully saturated rings. The van der Waals surface area contributed by atoms with Gasteiger partial charge in [-0.05, 0) is 18.6 Å². The molecule has 0 aliphatic heterocycles. The monoisotopic (exact) mass is 209 g/mol. The number of hydrogen-bond donors (Lipinski definition) is 2. The van der Waals surface area contributed by atoms with Gasteiger partial charge in [0.15, 0.2) is 0 Å². The van der Waals surface area contributed by atoms with E-state index in [1.54, 1.807) is 13.0 Å². The van der Waals surface area contributed by atoms with E-state index in [1.165, 1.54) is 6.20 Å². The van der Waals surface area contributed by atoms with Crippen molar-refractivity contribution in [3.8, 4) is 0 Å². The Balaban J connectivity index is 2.94. The number of aryl methyl sites for hydroxylation is 1. The molecule has 0 spiro atoms. The molecule has 72 valence electrons. The van der Waals surface area contributed by atoms with Crippen LogP contribution in [0.1, 0.15) is 15.2 Å². The van der Waals surface area contributed by atoms with Gasteiger partial charge >= 0.3 is 5.97 Å². The van der Waals surface area contributed by atoms with E-state index in [0.717, 1.165) is 11.3 Å². The number of carboxylic acids is 1. The summed E-state index contributed by atoms with van der Waals surface area (Å²) in [5, 5.41) is 9.34. The lowest BCUT2D eigenvalue weighted by atomic mass is 10.2. The molecule has 2 heterocycles. The van der Waals surface area contributed by atoms with Crippen LogP contribution in [-0.4, -0.2) is 16.1 Å². The first-order chi connectivity index (χ1) is 6.61. The van der Waals surface area contributed by atoms with Crippen LogP contribution in [0.4, 0.5) is 0 Å². The maximum absolute atomic E-state index is 11.4. The first-order valence-electron chi connectivity index (χ1n) is 3.95. The predicted octanol–water partition coefficient (Wildman–Crippen LogP) is 1.60. The lowest BCUT2D eigenvalue weighted by molar-refractivity contribution is 0.0701. The van der Waals surface area contributed by atoms with Crippen molar-refractivity contribution in [2.24, 2.45) is 0 Å². The molecule has 0 unspecified atom stereocenters. The van der Waals surface area contributed by atoms with Gasteiger partial charge < -0.3 is 10.1 Å². The molecule has 2 aromatic heterocycles. The number of carboxylic acid groups (broad SMARTS) is 1. The topological polar surface area (TPSA) is 70.2 Å². The molecule has 2 aromatic rings. The second-order valence-electron chi connectivity index (χ2n) is 2.91. The Kier molecular flexibility index (Phi) is 1.89. The third-order valence-electron chi connectivity index (χ3n) is 2.04. The number of hydrogen-bond acceptors (Lipinski definition) is 3. The lowest BCUT2D eigenvalue weighted by Gasteiger charge is -1.89. The van der Waals surface area contributed by atoms with E-state index >= 15 is 0 Å². The quantitative estimate of drug-likeness (QED) is 0.749. The Morgan fingerprint density at radius 1 is 1.57 bits per heavy atom. The van der Waals surface area contributed by atoms with Crippen LogP contribution in [0.5, 0.6) is 0 Å². The smallest absolute Gasteiger partial charge is 0.346 e. The molecule has 0 saturated carbocycles. The fourth-order valence-corrected chi connectivity index (χ4v) is 2.45. The summed E-state index contributed by atoms with van der Waals surface area (Å²) in [6, 6.07) is 1.71. The number of nitrogens with one attached hydrogen (secondary N) is 1. The summed E-state index contributed by atoms with van der Waals surface area (Å²) < 4.78 is 0.712. The molecule has 4 nitrogen and oxygen atoms in total. The number of fused-ring (bicyclic) bond motifs is 1. The Morgan fingerprint density at radius 2 is 2.29 bits per heavy atom. The molecule has 0 aliphatic carbocycles. The van der Waals surface area contributed by atoms with Crippen LogP contribution in [0, 0.1) is 6.92 Å². The van der Waals surface area contributed by atoms with E-state index in [4.69, 9.17) is 5.11 Å². The molecule has 2 rings (SSSR count). The number of thiophene rings is 1. The van der Waals surface area contributed by atoms with Crippen molar-refractivity contribution < 1.29 is 9.90 Å². The average Bonchev–Trinajstić information content (AvgIpc) is 2.45. The molecular weight excluding hydrogens is 202 g/mol. The molecular formula is C9H7NO3S. The minimum absolute atomic E-state index is 0.233. The Morgan fingerprint density at radius 3 is 2.86 bits per heavy atom. The average molecular weight is 209 g/mol. The summed E-state index contributed by atoms with van der Waals surface area (Å²) >= 11 is 1.13. The number of aromatic nitrogens is 1. The van der Waals surface area contributed by atoms with Crippen LogP contribution in [0.2, 0.25) is 0 Å². The van der Waals surface area contributed by atoms with Crippen molar-refractivity contribution in [3.63, 3.8) is 0 Å². The van der Waals surface area contributed by atoms with Crippen LogP contribution in [0.3, 0.4) is 0 Å².